The summed E-state index contributed by atoms with van der Waals surface area (Å²) in [6.07, 6.45) is 4.20. The van der Waals surface area contributed by atoms with Crippen LogP contribution in [0.25, 0.3) is 0 Å². The number of likely N-dealkylation sites (N-methyl/N-ethyl adjacent to an activating group) is 1. The van der Waals surface area contributed by atoms with Crippen LogP contribution in [-0.4, -0.2) is 68.5 Å². The van der Waals surface area contributed by atoms with Crippen LogP contribution in [0.5, 0.6) is 0 Å². The summed E-state index contributed by atoms with van der Waals surface area (Å²) in [6, 6.07) is 12.0. The highest BCUT2D eigenvalue weighted by Crippen LogP contribution is 2.24. The van der Waals surface area contributed by atoms with Crippen LogP contribution in [0.15, 0.2) is 52.1 Å². The van der Waals surface area contributed by atoms with Crippen LogP contribution in [0, 0.1) is 0 Å². The van der Waals surface area contributed by atoms with Gasteiger partial charge in [0.05, 0.1) is 25.4 Å². The molecule has 1 atom stereocenters. The number of guanidine groups is 1. The van der Waals surface area contributed by atoms with Crippen LogP contribution in [0.4, 0.5) is 5.69 Å². The zero-order valence-electron chi connectivity index (χ0n) is 19.8. The number of likely N-dealkylation sites (tertiary alicyclic amines) is 1. The molecule has 3 rings (SSSR count). The highest BCUT2D eigenvalue weighted by molar-refractivity contribution is 14.0. The van der Waals surface area contributed by atoms with Crippen LogP contribution in [0.2, 0.25) is 0 Å². The molecule has 1 saturated heterocycles. The fourth-order valence-electron chi connectivity index (χ4n) is 3.88. The van der Waals surface area contributed by atoms with Crippen molar-refractivity contribution in [2.75, 3.05) is 52.1 Å². The largest absolute Gasteiger partial charge is 0.468 e. The first kappa shape index (κ1) is 27.1. The predicted molar refractivity (Wildman–Crippen MR) is 144 cm³/mol. The number of furan rings is 1. The lowest BCUT2D eigenvalue weighted by molar-refractivity contribution is -0.116. The van der Waals surface area contributed by atoms with Gasteiger partial charge in [0.2, 0.25) is 5.91 Å². The fraction of sp³-hybridized carbons (Fsp3) is 0.500. The number of nitrogens with one attached hydrogen (secondary N) is 3. The van der Waals surface area contributed by atoms with Gasteiger partial charge in [-0.15, -0.1) is 24.0 Å². The Morgan fingerprint density at radius 3 is 2.64 bits per heavy atom. The highest BCUT2D eigenvalue weighted by Gasteiger charge is 2.25. The Labute approximate surface area is 214 Å². The van der Waals surface area contributed by atoms with E-state index in [1.807, 2.05) is 55.4 Å². The standard InChI is InChI=1S/C24H36N6O2.HI/c1-4-25-24(27-17-21(22-11-8-14-32-22)30-12-5-6-13-30)26-16-19-9-7-10-20(15-19)28-23(31)18-29(2)3;/h7-11,14-15,21H,4-6,12-13,16-18H2,1-3H3,(H,28,31)(H2,25,26,27);1H. The minimum atomic E-state index is -0.0310. The quantitative estimate of drug-likeness (QED) is 0.232. The Morgan fingerprint density at radius 1 is 1.18 bits per heavy atom. The van der Waals surface area contributed by atoms with E-state index in [2.05, 4.69) is 27.8 Å². The summed E-state index contributed by atoms with van der Waals surface area (Å²) in [5.41, 5.74) is 1.82. The highest BCUT2D eigenvalue weighted by atomic mass is 127. The first-order valence-electron chi connectivity index (χ1n) is 11.4. The second-order valence-corrected chi connectivity index (χ2v) is 8.34. The molecule has 2 heterocycles. The zero-order chi connectivity index (χ0) is 22.8. The Kier molecular flexibility index (Phi) is 11.7. The SMILES string of the molecule is CCNC(=NCc1cccc(NC(=O)CN(C)C)c1)NCC(c1ccco1)N1CCCC1.I. The molecule has 2 aromatic rings. The van der Waals surface area contributed by atoms with Gasteiger partial charge in [0.15, 0.2) is 5.96 Å². The number of aliphatic imine (C=N–C) groups is 1. The van der Waals surface area contributed by atoms with Gasteiger partial charge in [-0.2, -0.15) is 0 Å². The van der Waals surface area contributed by atoms with E-state index >= 15 is 0 Å². The number of carbonyl (C=O) groups is 1. The second-order valence-electron chi connectivity index (χ2n) is 8.34. The molecular weight excluding hydrogens is 531 g/mol. The van der Waals surface area contributed by atoms with E-state index in [9.17, 15) is 4.79 Å². The number of amides is 1. The molecule has 1 fully saturated rings. The minimum absolute atomic E-state index is 0. The number of halogens is 1. The molecule has 182 valence electrons. The van der Waals surface area contributed by atoms with Gasteiger partial charge >= 0.3 is 0 Å². The van der Waals surface area contributed by atoms with Gasteiger partial charge in [0.25, 0.3) is 0 Å². The molecule has 0 bridgehead atoms. The summed E-state index contributed by atoms with van der Waals surface area (Å²) in [6.45, 7) is 6.61. The smallest absolute Gasteiger partial charge is 0.238 e. The lowest BCUT2D eigenvalue weighted by Gasteiger charge is -2.26. The average Bonchev–Trinajstić information content (AvgIpc) is 3.47. The molecule has 1 unspecified atom stereocenters. The van der Waals surface area contributed by atoms with Gasteiger partial charge in [-0.3, -0.25) is 9.69 Å². The molecule has 0 aliphatic carbocycles. The third kappa shape index (κ3) is 8.98. The van der Waals surface area contributed by atoms with Crippen molar-refractivity contribution in [2.45, 2.75) is 32.4 Å². The van der Waals surface area contributed by atoms with Crippen molar-refractivity contribution in [3.8, 4) is 0 Å². The summed E-state index contributed by atoms with van der Waals surface area (Å²) in [5, 5.41) is 9.75. The predicted octanol–water partition coefficient (Wildman–Crippen LogP) is 3.29. The van der Waals surface area contributed by atoms with Crippen LogP contribution in [0.3, 0.4) is 0 Å². The fourth-order valence-corrected chi connectivity index (χ4v) is 3.88. The molecule has 1 aromatic heterocycles. The summed E-state index contributed by atoms with van der Waals surface area (Å²) < 4.78 is 5.72. The Balaban J connectivity index is 0.00000385. The van der Waals surface area contributed by atoms with Gasteiger partial charge in [-0.25, -0.2) is 4.99 Å². The van der Waals surface area contributed by atoms with Gasteiger partial charge < -0.3 is 25.3 Å². The number of hydrogen-bond donors (Lipinski definition) is 3. The maximum absolute atomic E-state index is 12.0. The zero-order valence-corrected chi connectivity index (χ0v) is 22.2. The number of carbonyl (C=O) groups excluding carboxylic acids is 1. The summed E-state index contributed by atoms with van der Waals surface area (Å²) >= 11 is 0. The third-order valence-corrected chi connectivity index (χ3v) is 5.35. The van der Waals surface area contributed by atoms with Gasteiger partial charge in [-0.05, 0) is 76.8 Å². The normalized spacial score (nSPS) is 15.2. The summed E-state index contributed by atoms with van der Waals surface area (Å²) in [7, 11) is 3.75. The Bertz CT molecular complexity index is 866. The lowest BCUT2D eigenvalue weighted by Crippen LogP contribution is -2.42. The van der Waals surface area contributed by atoms with Crippen LogP contribution < -0.4 is 16.0 Å². The second kappa shape index (κ2) is 14.2. The van der Waals surface area contributed by atoms with Crippen molar-refractivity contribution >= 4 is 41.5 Å². The minimum Gasteiger partial charge on any atom is -0.468 e. The molecule has 1 amide bonds. The molecular formula is C24H37IN6O2. The maximum atomic E-state index is 12.0. The molecule has 0 saturated carbocycles. The molecule has 1 aliphatic heterocycles. The molecule has 33 heavy (non-hydrogen) atoms. The van der Waals surface area contributed by atoms with E-state index in [4.69, 9.17) is 9.41 Å². The number of anilines is 1. The summed E-state index contributed by atoms with van der Waals surface area (Å²) in [4.78, 5) is 21.1. The van der Waals surface area contributed by atoms with E-state index in [0.29, 0.717) is 13.1 Å². The van der Waals surface area contributed by atoms with E-state index in [1.54, 1.807) is 6.26 Å². The topological polar surface area (TPSA) is 85.1 Å². The Morgan fingerprint density at radius 2 is 1.97 bits per heavy atom. The van der Waals surface area contributed by atoms with Crippen molar-refractivity contribution < 1.29 is 9.21 Å². The van der Waals surface area contributed by atoms with Crippen molar-refractivity contribution in [1.82, 2.24) is 20.4 Å². The third-order valence-electron chi connectivity index (χ3n) is 5.35. The van der Waals surface area contributed by atoms with E-state index < -0.39 is 0 Å². The van der Waals surface area contributed by atoms with E-state index in [0.717, 1.165) is 49.1 Å². The number of rotatable bonds is 10. The molecule has 1 aromatic carbocycles. The van der Waals surface area contributed by atoms with Crippen molar-refractivity contribution in [3.63, 3.8) is 0 Å². The maximum Gasteiger partial charge on any atom is 0.238 e. The molecule has 0 spiro atoms. The number of benzene rings is 1. The first-order chi connectivity index (χ1) is 15.5. The first-order valence-corrected chi connectivity index (χ1v) is 11.4. The lowest BCUT2D eigenvalue weighted by atomic mass is 10.2. The molecule has 1 aliphatic rings. The van der Waals surface area contributed by atoms with Crippen molar-refractivity contribution in [1.29, 1.82) is 0 Å². The molecule has 3 N–H and O–H groups in total. The van der Waals surface area contributed by atoms with Crippen molar-refractivity contribution in [3.05, 3.63) is 54.0 Å². The van der Waals surface area contributed by atoms with Crippen LogP contribution in [0.1, 0.15) is 37.1 Å². The van der Waals surface area contributed by atoms with Gasteiger partial charge in [0.1, 0.15) is 5.76 Å². The number of hydrogen-bond acceptors (Lipinski definition) is 5. The Hall–Kier alpha value is -2.11. The monoisotopic (exact) mass is 568 g/mol. The summed E-state index contributed by atoms with van der Waals surface area (Å²) in [5.74, 6) is 1.72. The van der Waals surface area contributed by atoms with E-state index in [-0.39, 0.29) is 35.9 Å². The molecule has 0 radical (unpaired) electrons. The van der Waals surface area contributed by atoms with Gasteiger partial charge in [-0.1, -0.05) is 12.1 Å². The number of nitrogens with zero attached hydrogens (tertiary/aromatic N) is 3. The average molecular weight is 569 g/mol. The van der Waals surface area contributed by atoms with Crippen LogP contribution >= 0.6 is 24.0 Å². The van der Waals surface area contributed by atoms with Crippen LogP contribution in [-0.2, 0) is 11.3 Å². The van der Waals surface area contributed by atoms with E-state index in [1.165, 1.54) is 12.8 Å². The molecule has 8 nitrogen and oxygen atoms in total. The van der Waals surface area contributed by atoms with Crippen molar-refractivity contribution in [2.24, 2.45) is 4.99 Å². The van der Waals surface area contributed by atoms with Gasteiger partial charge in [0, 0.05) is 18.8 Å². The molecule has 9 heteroatoms.